The van der Waals surface area contributed by atoms with E-state index in [1.807, 2.05) is 11.9 Å². The van der Waals surface area contributed by atoms with Gasteiger partial charge in [0.05, 0.1) is 26.7 Å². The average molecular weight is 550 g/mol. The first-order valence-electron chi connectivity index (χ1n) is 11.4. The van der Waals surface area contributed by atoms with Gasteiger partial charge in [0.15, 0.2) is 9.84 Å². The van der Waals surface area contributed by atoms with Gasteiger partial charge in [-0.3, -0.25) is 0 Å². The van der Waals surface area contributed by atoms with Crippen LogP contribution in [0.15, 0.2) is 59.5 Å². The van der Waals surface area contributed by atoms with Crippen LogP contribution in [0.5, 0.6) is 0 Å². The van der Waals surface area contributed by atoms with Gasteiger partial charge in [0.2, 0.25) is 0 Å². The lowest BCUT2D eigenvalue weighted by Gasteiger charge is -2.25. The van der Waals surface area contributed by atoms with Gasteiger partial charge in [0, 0.05) is 24.3 Å². The monoisotopic (exact) mass is 549 g/mol. The van der Waals surface area contributed by atoms with E-state index in [0.717, 1.165) is 12.1 Å². The largest absolute Gasteiger partial charge is 0.331 e. The molecule has 1 unspecified atom stereocenters. The number of carbonyl (C=O) groups excluding carboxylic acids is 1. The zero-order valence-corrected chi connectivity index (χ0v) is 22.1. The molecule has 1 heterocycles. The minimum Gasteiger partial charge on any atom is -0.331 e. The fraction of sp³-hybridized carbons (Fsp3) is 0.269. The summed E-state index contributed by atoms with van der Waals surface area (Å²) in [4.78, 5) is 14.6. The minimum atomic E-state index is -3.71. The van der Waals surface area contributed by atoms with E-state index < -0.39 is 21.9 Å². The van der Waals surface area contributed by atoms with Gasteiger partial charge in [-0.25, -0.2) is 17.6 Å². The molecule has 2 N–H and O–H groups in total. The molecule has 3 aromatic rings. The molecule has 0 saturated carbocycles. The molecular formula is C26H26Cl2FN3O3S. The standard InChI is InChI=1S/C26H26Cl2FN3O3S/c1-16(21-4-3-5-23(27)25(21)28)30-26(33)31-19-6-8-20(9-7-19)36(34,35)15-17-12-18-10-11-32(2)14-22(18)24(29)13-17/h3-9,12-13,16H,10-11,14-15H2,1-2H3,(H2,30,31,33). The van der Waals surface area contributed by atoms with Crippen LogP contribution in [-0.4, -0.2) is 32.9 Å². The van der Waals surface area contributed by atoms with Crippen LogP contribution in [0.4, 0.5) is 14.9 Å². The van der Waals surface area contributed by atoms with Crippen molar-refractivity contribution in [2.45, 2.75) is 36.6 Å². The Morgan fingerprint density at radius 2 is 1.86 bits per heavy atom. The topological polar surface area (TPSA) is 78.5 Å². The smallest absolute Gasteiger partial charge is 0.319 e. The summed E-state index contributed by atoms with van der Waals surface area (Å²) >= 11 is 12.3. The van der Waals surface area contributed by atoms with E-state index in [1.54, 1.807) is 31.2 Å². The maximum atomic E-state index is 14.6. The third-order valence-electron chi connectivity index (χ3n) is 6.16. The summed E-state index contributed by atoms with van der Waals surface area (Å²) in [7, 11) is -1.78. The Kier molecular flexibility index (Phi) is 7.90. The molecule has 0 radical (unpaired) electrons. The maximum absolute atomic E-state index is 14.6. The van der Waals surface area contributed by atoms with Gasteiger partial charge in [-0.2, -0.15) is 0 Å². The zero-order valence-electron chi connectivity index (χ0n) is 19.8. The number of nitrogens with one attached hydrogen (secondary N) is 2. The van der Waals surface area contributed by atoms with Gasteiger partial charge in [0.25, 0.3) is 0 Å². The Bertz CT molecular complexity index is 1400. The van der Waals surface area contributed by atoms with E-state index in [4.69, 9.17) is 23.2 Å². The van der Waals surface area contributed by atoms with Crippen LogP contribution < -0.4 is 10.6 Å². The van der Waals surface area contributed by atoms with Gasteiger partial charge in [0.1, 0.15) is 5.82 Å². The number of hydrogen-bond donors (Lipinski definition) is 2. The number of carbonyl (C=O) groups is 1. The zero-order chi connectivity index (χ0) is 26.0. The fourth-order valence-corrected chi connectivity index (χ4v) is 6.04. The van der Waals surface area contributed by atoms with Crippen LogP contribution in [-0.2, 0) is 28.6 Å². The molecule has 0 aromatic heterocycles. The first kappa shape index (κ1) is 26.4. The summed E-state index contributed by atoms with van der Waals surface area (Å²) in [6, 6.07) is 13.2. The highest BCUT2D eigenvalue weighted by Crippen LogP contribution is 2.30. The summed E-state index contributed by atoms with van der Waals surface area (Å²) in [6.07, 6.45) is 0.682. The van der Waals surface area contributed by atoms with E-state index in [9.17, 15) is 17.6 Å². The van der Waals surface area contributed by atoms with Gasteiger partial charge in [-0.15, -0.1) is 0 Å². The van der Waals surface area contributed by atoms with Crippen LogP contribution in [0, 0.1) is 5.82 Å². The minimum absolute atomic E-state index is 0.0883. The molecule has 0 bridgehead atoms. The van der Waals surface area contributed by atoms with Crippen LogP contribution in [0.3, 0.4) is 0 Å². The van der Waals surface area contributed by atoms with Crippen LogP contribution in [0.1, 0.15) is 35.2 Å². The lowest BCUT2D eigenvalue weighted by Crippen LogP contribution is -2.31. The second kappa shape index (κ2) is 10.8. The number of benzene rings is 3. The molecular weight excluding hydrogens is 524 g/mol. The number of fused-ring (bicyclic) bond motifs is 1. The number of hydrogen-bond acceptors (Lipinski definition) is 4. The second-order valence-corrected chi connectivity index (χ2v) is 11.7. The van der Waals surface area contributed by atoms with Gasteiger partial charge >= 0.3 is 6.03 Å². The Morgan fingerprint density at radius 1 is 1.14 bits per heavy atom. The first-order valence-corrected chi connectivity index (χ1v) is 13.8. The van der Waals surface area contributed by atoms with Crippen molar-refractivity contribution in [3.05, 3.63) is 92.7 Å². The molecule has 0 fully saturated rings. The molecule has 6 nitrogen and oxygen atoms in total. The van der Waals surface area contributed by atoms with E-state index in [1.165, 1.54) is 30.3 Å². The van der Waals surface area contributed by atoms with Gasteiger partial charge in [-0.05, 0) is 73.5 Å². The Labute approximate surface area is 220 Å². The number of rotatable bonds is 6. The van der Waals surface area contributed by atoms with Gasteiger partial charge in [-0.1, -0.05) is 41.4 Å². The number of likely N-dealkylation sites (N-methyl/N-ethyl adjacent to an activating group) is 1. The maximum Gasteiger partial charge on any atom is 0.319 e. The summed E-state index contributed by atoms with van der Waals surface area (Å²) in [5.74, 6) is -0.679. The second-order valence-electron chi connectivity index (χ2n) is 8.95. The highest BCUT2D eigenvalue weighted by molar-refractivity contribution is 7.90. The highest BCUT2D eigenvalue weighted by atomic mass is 35.5. The van der Waals surface area contributed by atoms with Gasteiger partial charge < -0.3 is 15.5 Å². The number of anilines is 1. The average Bonchev–Trinajstić information content (AvgIpc) is 2.81. The quantitative estimate of drug-likeness (QED) is 0.396. The number of amides is 2. The molecule has 0 spiro atoms. The summed E-state index contributed by atoms with van der Waals surface area (Å²) in [5.41, 5.74) is 3.00. The summed E-state index contributed by atoms with van der Waals surface area (Å²) in [5, 5.41) is 6.21. The third-order valence-corrected chi connectivity index (χ3v) is 8.70. The lowest BCUT2D eigenvalue weighted by molar-refractivity contribution is 0.249. The molecule has 3 aromatic carbocycles. The van der Waals surface area contributed by atoms with Crippen molar-refractivity contribution >= 4 is 44.8 Å². The van der Waals surface area contributed by atoms with E-state index in [-0.39, 0.29) is 16.5 Å². The number of sulfone groups is 1. The number of urea groups is 1. The molecule has 1 aliphatic rings. The normalized spacial score (nSPS) is 14.7. The molecule has 1 atom stereocenters. The Hall–Kier alpha value is -2.65. The molecule has 36 heavy (non-hydrogen) atoms. The number of nitrogens with zero attached hydrogens (tertiary/aromatic N) is 1. The van der Waals surface area contributed by atoms with Crippen molar-refractivity contribution in [1.29, 1.82) is 0 Å². The van der Waals surface area contributed by atoms with Crippen molar-refractivity contribution in [2.24, 2.45) is 0 Å². The Morgan fingerprint density at radius 3 is 2.58 bits per heavy atom. The first-order chi connectivity index (χ1) is 17.0. The highest BCUT2D eigenvalue weighted by Gasteiger charge is 2.22. The van der Waals surface area contributed by atoms with Crippen LogP contribution in [0.25, 0.3) is 0 Å². The molecule has 2 amide bonds. The van der Waals surface area contributed by atoms with E-state index in [0.29, 0.717) is 45.4 Å². The Balaban J connectivity index is 1.41. The third kappa shape index (κ3) is 6.00. The van der Waals surface area contributed by atoms with Crippen molar-refractivity contribution in [3.8, 4) is 0 Å². The van der Waals surface area contributed by atoms with Crippen LogP contribution in [0.2, 0.25) is 10.0 Å². The fourth-order valence-electron chi connectivity index (χ4n) is 4.24. The predicted molar refractivity (Wildman–Crippen MR) is 141 cm³/mol. The SMILES string of the molecule is CC(NC(=O)Nc1ccc(S(=O)(=O)Cc2cc(F)c3c(c2)CCN(C)C3)cc1)c1cccc(Cl)c1Cl. The van der Waals surface area contributed by atoms with E-state index >= 15 is 0 Å². The molecule has 1 aliphatic heterocycles. The summed E-state index contributed by atoms with van der Waals surface area (Å²) in [6.45, 7) is 3.09. The molecule has 0 aliphatic carbocycles. The molecule has 0 saturated heterocycles. The van der Waals surface area contributed by atoms with Crippen molar-refractivity contribution in [3.63, 3.8) is 0 Å². The van der Waals surface area contributed by atoms with Crippen LogP contribution >= 0.6 is 23.2 Å². The van der Waals surface area contributed by atoms with Crippen molar-refractivity contribution in [2.75, 3.05) is 18.9 Å². The summed E-state index contributed by atoms with van der Waals surface area (Å²) < 4.78 is 40.6. The van der Waals surface area contributed by atoms with Crippen molar-refractivity contribution < 1.29 is 17.6 Å². The lowest BCUT2D eigenvalue weighted by atomic mass is 9.97. The van der Waals surface area contributed by atoms with E-state index in [2.05, 4.69) is 10.6 Å². The predicted octanol–water partition coefficient (Wildman–Crippen LogP) is 5.98. The van der Waals surface area contributed by atoms with Crippen molar-refractivity contribution in [1.82, 2.24) is 10.2 Å². The molecule has 10 heteroatoms. The number of halogens is 3. The molecule has 4 rings (SSSR count). The molecule has 190 valence electrons.